The summed E-state index contributed by atoms with van der Waals surface area (Å²) in [5, 5.41) is 0. The first-order chi connectivity index (χ1) is 9.45. The van der Waals surface area contributed by atoms with E-state index in [-0.39, 0.29) is 5.41 Å². The van der Waals surface area contributed by atoms with Crippen molar-refractivity contribution >= 4 is 12.2 Å². The number of nitrogens with zero attached hydrogens (tertiary/aromatic N) is 1. The van der Waals surface area contributed by atoms with Gasteiger partial charge in [0.2, 0.25) is 0 Å². The fourth-order valence-electron chi connectivity index (χ4n) is 2.89. The molecule has 3 rings (SSSR count). The fraction of sp³-hybridized carbons (Fsp3) is 0.412. The number of H-pyrrole nitrogens is 1. The lowest BCUT2D eigenvalue weighted by atomic mass is 9.91. The normalized spacial score (nSPS) is 18.1. The molecule has 1 atom stereocenters. The van der Waals surface area contributed by atoms with Crippen LogP contribution in [0, 0.1) is 4.64 Å². The molecule has 104 valence electrons. The molecule has 0 saturated carbocycles. The fourth-order valence-corrected chi connectivity index (χ4v) is 3.10. The SMILES string of the molecule is CC(C)(C)c1cc(=S)nc(C2CCc3ccccc32)[nH]1. The second-order valence-electron chi connectivity index (χ2n) is 6.56. The number of rotatable bonds is 1. The van der Waals surface area contributed by atoms with Gasteiger partial charge in [-0.25, -0.2) is 4.98 Å². The smallest absolute Gasteiger partial charge is 0.130 e. The van der Waals surface area contributed by atoms with Gasteiger partial charge in [-0.1, -0.05) is 57.3 Å². The zero-order chi connectivity index (χ0) is 14.3. The largest absolute Gasteiger partial charge is 0.346 e. The number of aryl methyl sites for hydroxylation is 1. The molecule has 1 aliphatic rings. The summed E-state index contributed by atoms with van der Waals surface area (Å²) in [6.07, 6.45) is 2.24. The summed E-state index contributed by atoms with van der Waals surface area (Å²) in [6, 6.07) is 10.6. The van der Waals surface area contributed by atoms with E-state index >= 15 is 0 Å². The number of aromatic nitrogens is 2. The van der Waals surface area contributed by atoms with Gasteiger partial charge >= 0.3 is 0 Å². The Hall–Kier alpha value is -1.48. The molecule has 0 bridgehead atoms. The summed E-state index contributed by atoms with van der Waals surface area (Å²) < 4.78 is 0.688. The van der Waals surface area contributed by atoms with E-state index in [1.807, 2.05) is 6.07 Å². The summed E-state index contributed by atoms with van der Waals surface area (Å²) in [4.78, 5) is 8.12. The Morgan fingerprint density at radius 1 is 1.25 bits per heavy atom. The molecule has 20 heavy (non-hydrogen) atoms. The van der Waals surface area contributed by atoms with Gasteiger partial charge in [-0.2, -0.15) is 0 Å². The van der Waals surface area contributed by atoms with E-state index in [1.165, 1.54) is 11.1 Å². The minimum absolute atomic E-state index is 0.0589. The highest BCUT2D eigenvalue weighted by molar-refractivity contribution is 7.71. The quantitative estimate of drug-likeness (QED) is 0.780. The van der Waals surface area contributed by atoms with Crippen molar-refractivity contribution in [3.8, 4) is 0 Å². The van der Waals surface area contributed by atoms with Crippen molar-refractivity contribution in [3.63, 3.8) is 0 Å². The first kappa shape index (κ1) is 13.5. The molecule has 1 unspecified atom stereocenters. The zero-order valence-corrected chi connectivity index (χ0v) is 13.1. The summed E-state index contributed by atoms with van der Waals surface area (Å²) in [7, 11) is 0. The third kappa shape index (κ3) is 2.42. The van der Waals surface area contributed by atoms with Crippen LogP contribution in [0.15, 0.2) is 30.3 Å². The van der Waals surface area contributed by atoms with E-state index in [1.54, 1.807) is 0 Å². The summed E-state index contributed by atoms with van der Waals surface area (Å²) >= 11 is 5.36. The first-order valence-corrected chi connectivity index (χ1v) is 7.55. The molecule has 1 heterocycles. The van der Waals surface area contributed by atoms with Crippen LogP contribution >= 0.6 is 12.2 Å². The van der Waals surface area contributed by atoms with E-state index in [4.69, 9.17) is 12.2 Å². The van der Waals surface area contributed by atoms with Crippen molar-refractivity contribution in [2.24, 2.45) is 0 Å². The van der Waals surface area contributed by atoms with Gasteiger partial charge in [-0.15, -0.1) is 0 Å². The lowest BCUT2D eigenvalue weighted by Crippen LogP contribution is -2.16. The average Bonchev–Trinajstić information content (AvgIpc) is 2.80. The number of hydrogen-bond acceptors (Lipinski definition) is 2. The third-order valence-electron chi connectivity index (χ3n) is 4.03. The van der Waals surface area contributed by atoms with E-state index in [9.17, 15) is 0 Å². The van der Waals surface area contributed by atoms with E-state index in [0.29, 0.717) is 10.6 Å². The van der Waals surface area contributed by atoms with Crippen LogP contribution in [0.2, 0.25) is 0 Å². The highest BCUT2D eigenvalue weighted by Gasteiger charge is 2.26. The van der Waals surface area contributed by atoms with Gasteiger partial charge in [-0.05, 0) is 30.0 Å². The maximum absolute atomic E-state index is 5.36. The van der Waals surface area contributed by atoms with Crippen molar-refractivity contribution in [1.82, 2.24) is 9.97 Å². The third-order valence-corrected chi connectivity index (χ3v) is 4.24. The molecule has 0 radical (unpaired) electrons. The molecule has 0 amide bonds. The molecule has 2 nitrogen and oxygen atoms in total. The van der Waals surface area contributed by atoms with Gasteiger partial charge in [0, 0.05) is 17.0 Å². The molecule has 1 aromatic carbocycles. The van der Waals surface area contributed by atoms with Crippen LogP contribution in [0.1, 0.15) is 55.8 Å². The van der Waals surface area contributed by atoms with Crippen molar-refractivity contribution in [2.45, 2.75) is 44.9 Å². The van der Waals surface area contributed by atoms with E-state index in [0.717, 1.165) is 24.4 Å². The molecule has 2 aromatic rings. The molecule has 0 fully saturated rings. The van der Waals surface area contributed by atoms with Crippen LogP contribution in [0.25, 0.3) is 0 Å². The molecule has 1 aliphatic carbocycles. The Balaban J connectivity index is 2.08. The van der Waals surface area contributed by atoms with Crippen LogP contribution < -0.4 is 0 Å². The second-order valence-corrected chi connectivity index (χ2v) is 6.98. The summed E-state index contributed by atoms with van der Waals surface area (Å²) in [5.41, 5.74) is 4.07. The van der Waals surface area contributed by atoms with Gasteiger partial charge in [0.15, 0.2) is 0 Å². The Labute approximate surface area is 125 Å². The van der Waals surface area contributed by atoms with Crippen molar-refractivity contribution in [2.75, 3.05) is 0 Å². The second kappa shape index (κ2) is 4.81. The van der Waals surface area contributed by atoms with Gasteiger partial charge in [-0.3, -0.25) is 0 Å². The van der Waals surface area contributed by atoms with Crippen molar-refractivity contribution in [1.29, 1.82) is 0 Å². The first-order valence-electron chi connectivity index (χ1n) is 7.15. The van der Waals surface area contributed by atoms with Crippen LogP contribution in [0.5, 0.6) is 0 Å². The highest BCUT2D eigenvalue weighted by atomic mass is 32.1. The molecule has 1 aromatic heterocycles. The van der Waals surface area contributed by atoms with Crippen LogP contribution in [0.4, 0.5) is 0 Å². The maximum atomic E-state index is 5.36. The Morgan fingerprint density at radius 2 is 2.00 bits per heavy atom. The Bertz CT molecular complexity index is 695. The van der Waals surface area contributed by atoms with Gasteiger partial charge in [0.1, 0.15) is 10.5 Å². The monoisotopic (exact) mass is 284 g/mol. The summed E-state index contributed by atoms with van der Waals surface area (Å²) in [5.74, 6) is 1.38. The van der Waals surface area contributed by atoms with E-state index < -0.39 is 0 Å². The van der Waals surface area contributed by atoms with Crippen molar-refractivity contribution in [3.05, 3.63) is 57.6 Å². The predicted molar refractivity (Wildman–Crippen MR) is 84.7 cm³/mol. The van der Waals surface area contributed by atoms with Gasteiger partial charge in [0.25, 0.3) is 0 Å². The van der Waals surface area contributed by atoms with Crippen molar-refractivity contribution < 1.29 is 0 Å². The van der Waals surface area contributed by atoms with Crippen LogP contribution in [0.3, 0.4) is 0 Å². The Morgan fingerprint density at radius 3 is 2.75 bits per heavy atom. The number of benzene rings is 1. The average molecular weight is 284 g/mol. The summed E-state index contributed by atoms with van der Waals surface area (Å²) in [6.45, 7) is 6.58. The zero-order valence-electron chi connectivity index (χ0n) is 12.2. The minimum Gasteiger partial charge on any atom is -0.346 e. The lowest BCUT2D eigenvalue weighted by Gasteiger charge is -2.21. The number of hydrogen-bond donors (Lipinski definition) is 1. The van der Waals surface area contributed by atoms with Gasteiger partial charge < -0.3 is 4.98 Å². The topological polar surface area (TPSA) is 28.7 Å². The molecule has 0 saturated heterocycles. The number of nitrogens with one attached hydrogen (secondary N) is 1. The molecule has 0 spiro atoms. The molecular weight excluding hydrogens is 264 g/mol. The van der Waals surface area contributed by atoms with Gasteiger partial charge in [0.05, 0.1) is 0 Å². The number of aromatic amines is 1. The lowest BCUT2D eigenvalue weighted by molar-refractivity contribution is 0.556. The standard InChI is InChI=1S/C17H20N2S/c1-17(2,3)14-10-15(20)19-16(18-14)13-9-8-11-6-4-5-7-12(11)13/h4-7,10,13H,8-9H2,1-3H3,(H,18,19,20). The maximum Gasteiger partial charge on any atom is 0.130 e. The number of fused-ring (bicyclic) bond motifs is 1. The predicted octanol–water partition coefficient (Wildman–Crippen LogP) is 4.51. The van der Waals surface area contributed by atoms with Crippen LogP contribution in [-0.2, 0) is 11.8 Å². The van der Waals surface area contributed by atoms with E-state index in [2.05, 4.69) is 55.0 Å². The highest BCUT2D eigenvalue weighted by Crippen LogP contribution is 2.36. The van der Waals surface area contributed by atoms with Crippen LogP contribution in [-0.4, -0.2) is 9.97 Å². The molecule has 1 N–H and O–H groups in total. The molecule has 3 heteroatoms. The minimum atomic E-state index is 0.0589. The molecular formula is C17H20N2S. The molecule has 0 aliphatic heterocycles. The Kier molecular flexibility index (Phi) is 3.25.